The van der Waals surface area contributed by atoms with Crippen LogP contribution < -0.4 is 4.74 Å². The minimum Gasteiger partial charge on any atom is -0.497 e. The second-order valence-electron chi connectivity index (χ2n) is 5.35. The number of hydrogen-bond donors (Lipinski definition) is 0. The van der Waals surface area contributed by atoms with Crippen LogP contribution >= 0.6 is 11.6 Å². The van der Waals surface area contributed by atoms with Gasteiger partial charge in [-0.15, -0.1) is 0 Å². The molecule has 0 saturated carbocycles. The Kier molecular flexibility index (Phi) is 5.31. The highest BCUT2D eigenvalue weighted by atomic mass is 35.5. The van der Waals surface area contributed by atoms with Gasteiger partial charge in [0.2, 0.25) is 0 Å². The lowest BCUT2D eigenvalue weighted by molar-refractivity contribution is -0.138. The summed E-state index contributed by atoms with van der Waals surface area (Å²) in [5.74, 6) is 0.275. The van der Waals surface area contributed by atoms with Crippen LogP contribution in [0, 0.1) is 0 Å². The minimum atomic E-state index is -0.452. The summed E-state index contributed by atoms with van der Waals surface area (Å²) in [4.78, 5) is 16.2. The summed E-state index contributed by atoms with van der Waals surface area (Å²) in [6.45, 7) is 0.0674. The fourth-order valence-electron chi connectivity index (χ4n) is 2.34. The van der Waals surface area contributed by atoms with Gasteiger partial charge >= 0.3 is 5.97 Å². The standard InChI is InChI=1S/C20H16ClNO3/c1-24-17-7-4-5-14(11-17)9-10-19(23)25-13-16-12-15-6-2-3-8-18(15)22-20(16)21/h2-12H,13H2,1H3/b10-9+. The molecule has 0 aliphatic carbocycles. The third-order valence-corrected chi connectivity index (χ3v) is 3.95. The number of aromatic nitrogens is 1. The van der Waals surface area contributed by atoms with Gasteiger partial charge in [-0.1, -0.05) is 41.9 Å². The van der Waals surface area contributed by atoms with Gasteiger partial charge in [0.1, 0.15) is 17.5 Å². The first-order chi connectivity index (χ1) is 12.2. The molecule has 0 aliphatic heterocycles. The molecule has 0 saturated heterocycles. The van der Waals surface area contributed by atoms with Gasteiger partial charge in [-0.05, 0) is 35.9 Å². The smallest absolute Gasteiger partial charge is 0.331 e. The molecule has 1 heterocycles. The van der Waals surface area contributed by atoms with E-state index in [9.17, 15) is 4.79 Å². The SMILES string of the molecule is COc1cccc(/C=C/C(=O)OCc2cc3ccccc3nc2Cl)c1. The summed E-state index contributed by atoms with van der Waals surface area (Å²) >= 11 is 6.16. The molecular weight excluding hydrogens is 338 g/mol. The lowest BCUT2D eigenvalue weighted by atomic mass is 10.2. The highest BCUT2D eigenvalue weighted by Crippen LogP contribution is 2.21. The van der Waals surface area contributed by atoms with E-state index in [1.54, 1.807) is 13.2 Å². The van der Waals surface area contributed by atoms with Crippen LogP contribution in [0.3, 0.4) is 0 Å². The van der Waals surface area contributed by atoms with E-state index in [4.69, 9.17) is 21.1 Å². The summed E-state index contributed by atoms with van der Waals surface area (Å²) in [7, 11) is 1.60. The molecule has 0 aliphatic rings. The summed E-state index contributed by atoms with van der Waals surface area (Å²) in [5, 5.41) is 1.29. The highest BCUT2D eigenvalue weighted by Gasteiger charge is 2.07. The first kappa shape index (κ1) is 17.0. The first-order valence-corrected chi connectivity index (χ1v) is 8.06. The number of nitrogens with zero attached hydrogens (tertiary/aromatic N) is 1. The predicted molar refractivity (Wildman–Crippen MR) is 98.6 cm³/mol. The number of carbonyl (C=O) groups excluding carboxylic acids is 1. The van der Waals surface area contributed by atoms with Crippen LogP contribution in [0.15, 0.2) is 60.7 Å². The Labute approximate surface area is 150 Å². The number of methoxy groups -OCH3 is 1. The molecule has 126 valence electrons. The number of fused-ring (bicyclic) bond motifs is 1. The number of ether oxygens (including phenoxy) is 2. The zero-order valence-corrected chi connectivity index (χ0v) is 14.4. The summed E-state index contributed by atoms with van der Waals surface area (Å²) in [6.07, 6.45) is 3.04. The van der Waals surface area contributed by atoms with E-state index in [0.29, 0.717) is 10.7 Å². The number of hydrogen-bond acceptors (Lipinski definition) is 4. The Bertz CT molecular complexity index is 937. The van der Waals surface area contributed by atoms with Crippen molar-refractivity contribution in [3.8, 4) is 5.75 Å². The fourth-order valence-corrected chi connectivity index (χ4v) is 2.54. The minimum absolute atomic E-state index is 0.0674. The van der Waals surface area contributed by atoms with Crippen molar-refractivity contribution < 1.29 is 14.3 Å². The number of esters is 1. The van der Waals surface area contributed by atoms with Crippen molar-refractivity contribution in [2.45, 2.75) is 6.61 Å². The molecule has 0 radical (unpaired) electrons. The molecule has 0 bridgehead atoms. The lowest BCUT2D eigenvalue weighted by Gasteiger charge is -2.06. The Morgan fingerprint density at radius 2 is 2.00 bits per heavy atom. The van der Waals surface area contributed by atoms with Crippen molar-refractivity contribution in [2.75, 3.05) is 7.11 Å². The second-order valence-corrected chi connectivity index (χ2v) is 5.71. The van der Waals surface area contributed by atoms with Gasteiger partial charge in [-0.2, -0.15) is 0 Å². The second kappa shape index (κ2) is 7.81. The number of rotatable bonds is 5. The van der Waals surface area contributed by atoms with Gasteiger partial charge in [-0.3, -0.25) is 0 Å². The molecule has 0 spiro atoms. The van der Waals surface area contributed by atoms with Crippen molar-refractivity contribution in [3.63, 3.8) is 0 Å². The van der Waals surface area contributed by atoms with Crippen molar-refractivity contribution in [1.82, 2.24) is 4.98 Å². The molecule has 0 N–H and O–H groups in total. The van der Waals surface area contributed by atoms with Crippen LogP contribution in [0.2, 0.25) is 5.15 Å². The molecule has 0 unspecified atom stereocenters. The van der Waals surface area contributed by atoms with Gasteiger partial charge in [0.15, 0.2) is 0 Å². The van der Waals surface area contributed by atoms with Crippen molar-refractivity contribution in [1.29, 1.82) is 0 Å². The number of pyridine rings is 1. The molecule has 0 amide bonds. The third kappa shape index (κ3) is 4.37. The van der Waals surface area contributed by atoms with E-state index in [2.05, 4.69) is 4.98 Å². The molecule has 1 aromatic heterocycles. The number of para-hydroxylation sites is 1. The van der Waals surface area contributed by atoms with Gasteiger partial charge in [0.05, 0.1) is 12.6 Å². The zero-order chi connectivity index (χ0) is 17.6. The number of carbonyl (C=O) groups is 1. The quantitative estimate of drug-likeness (QED) is 0.380. The molecule has 4 nitrogen and oxygen atoms in total. The summed E-state index contributed by atoms with van der Waals surface area (Å²) in [5.41, 5.74) is 2.32. The van der Waals surface area contributed by atoms with E-state index in [1.807, 2.05) is 54.6 Å². The van der Waals surface area contributed by atoms with E-state index in [-0.39, 0.29) is 6.61 Å². The Hall–Kier alpha value is -2.85. The lowest BCUT2D eigenvalue weighted by Crippen LogP contribution is -2.02. The van der Waals surface area contributed by atoms with Crippen LogP contribution in [0.1, 0.15) is 11.1 Å². The van der Waals surface area contributed by atoms with Gasteiger partial charge in [0, 0.05) is 17.0 Å². The fraction of sp³-hybridized carbons (Fsp3) is 0.100. The molecule has 25 heavy (non-hydrogen) atoms. The summed E-state index contributed by atoms with van der Waals surface area (Å²) in [6, 6.07) is 16.9. The van der Waals surface area contributed by atoms with E-state index in [1.165, 1.54) is 6.08 Å². The Morgan fingerprint density at radius 1 is 1.16 bits per heavy atom. The molecule has 0 fully saturated rings. The largest absolute Gasteiger partial charge is 0.497 e. The monoisotopic (exact) mass is 353 g/mol. The van der Waals surface area contributed by atoms with Crippen molar-refractivity contribution in [2.24, 2.45) is 0 Å². The van der Waals surface area contributed by atoms with Crippen LogP contribution in [0.4, 0.5) is 0 Å². The van der Waals surface area contributed by atoms with E-state index >= 15 is 0 Å². The normalized spacial score (nSPS) is 11.0. The molecular formula is C20H16ClNO3. The van der Waals surface area contributed by atoms with Crippen LogP contribution in [-0.4, -0.2) is 18.1 Å². The van der Waals surface area contributed by atoms with Crippen molar-refractivity contribution in [3.05, 3.63) is 77.0 Å². The maximum Gasteiger partial charge on any atom is 0.331 e. The van der Waals surface area contributed by atoms with E-state index < -0.39 is 5.97 Å². The van der Waals surface area contributed by atoms with Crippen LogP contribution in [0.5, 0.6) is 5.75 Å². The summed E-state index contributed by atoms with van der Waals surface area (Å²) < 4.78 is 10.4. The average Bonchev–Trinajstić information content (AvgIpc) is 2.64. The van der Waals surface area contributed by atoms with Gasteiger partial charge in [-0.25, -0.2) is 9.78 Å². The maximum absolute atomic E-state index is 11.9. The zero-order valence-electron chi connectivity index (χ0n) is 13.6. The molecule has 3 aromatic rings. The Balaban J connectivity index is 1.65. The molecule has 2 aromatic carbocycles. The maximum atomic E-state index is 11.9. The van der Waals surface area contributed by atoms with Gasteiger partial charge in [0.25, 0.3) is 0 Å². The number of halogens is 1. The Morgan fingerprint density at radius 3 is 2.84 bits per heavy atom. The molecule has 3 rings (SSSR count). The average molecular weight is 354 g/mol. The molecule has 5 heteroatoms. The highest BCUT2D eigenvalue weighted by molar-refractivity contribution is 6.30. The topological polar surface area (TPSA) is 48.4 Å². The first-order valence-electron chi connectivity index (χ1n) is 7.69. The predicted octanol–water partition coefficient (Wildman–Crippen LogP) is 4.65. The number of benzene rings is 2. The van der Waals surface area contributed by atoms with Gasteiger partial charge < -0.3 is 9.47 Å². The third-order valence-electron chi connectivity index (χ3n) is 3.63. The van der Waals surface area contributed by atoms with Crippen LogP contribution in [0.25, 0.3) is 17.0 Å². The van der Waals surface area contributed by atoms with Crippen LogP contribution in [-0.2, 0) is 16.1 Å². The van der Waals surface area contributed by atoms with Crippen molar-refractivity contribution >= 4 is 34.5 Å². The van der Waals surface area contributed by atoms with E-state index in [0.717, 1.165) is 22.2 Å². The molecule has 0 atom stereocenters.